The van der Waals surface area contributed by atoms with Crippen molar-refractivity contribution in [1.82, 2.24) is 9.97 Å². The van der Waals surface area contributed by atoms with Gasteiger partial charge in [-0.15, -0.1) is 0 Å². The summed E-state index contributed by atoms with van der Waals surface area (Å²) >= 11 is 0. The zero-order valence-corrected chi connectivity index (χ0v) is 11.0. The van der Waals surface area contributed by atoms with Crippen LogP contribution in [0.1, 0.15) is 55.9 Å². The lowest BCUT2D eigenvalue weighted by Crippen LogP contribution is -2.17. The van der Waals surface area contributed by atoms with Gasteiger partial charge in [-0.1, -0.05) is 13.8 Å². The van der Waals surface area contributed by atoms with Gasteiger partial charge in [-0.25, -0.2) is 0 Å². The predicted molar refractivity (Wildman–Crippen MR) is 69.0 cm³/mol. The van der Waals surface area contributed by atoms with E-state index in [0.29, 0.717) is 0 Å². The minimum atomic E-state index is 0.791. The highest BCUT2D eigenvalue weighted by molar-refractivity contribution is 5.24. The monoisotopic (exact) mass is 230 g/mol. The Morgan fingerprint density at radius 3 is 1.82 bits per heavy atom. The first-order valence-corrected chi connectivity index (χ1v) is 7.10. The topological polar surface area (TPSA) is 25.8 Å². The molecule has 2 heteroatoms. The average molecular weight is 230 g/mol. The summed E-state index contributed by atoms with van der Waals surface area (Å²) in [5.74, 6) is 1.63. The SMILES string of the molecule is CC1CCc2nc3c(nc2CC1)CC(C)CC3. The zero-order valence-electron chi connectivity index (χ0n) is 11.0. The van der Waals surface area contributed by atoms with E-state index in [2.05, 4.69) is 13.8 Å². The number of hydrogen-bond donors (Lipinski definition) is 0. The molecule has 1 aromatic rings. The fourth-order valence-electron chi connectivity index (χ4n) is 3.07. The maximum Gasteiger partial charge on any atom is 0.0624 e. The molecule has 1 aromatic heterocycles. The highest BCUT2D eigenvalue weighted by Gasteiger charge is 2.22. The molecule has 0 fully saturated rings. The molecule has 0 spiro atoms. The first-order valence-electron chi connectivity index (χ1n) is 7.10. The first-order chi connectivity index (χ1) is 8.22. The maximum atomic E-state index is 4.94. The lowest BCUT2D eigenvalue weighted by Gasteiger charge is -2.21. The van der Waals surface area contributed by atoms with E-state index < -0.39 is 0 Å². The van der Waals surface area contributed by atoms with Crippen molar-refractivity contribution >= 4 is 0 Å². The van der Waals surface area contributed by atoms with Crippen LogP contribution in [0.15, 0.2) is 0 Å². The van der Waals surface area contributed by atoms with Gasteiger partial charge in [0.2, 0.25) is 0 Å². The van der Waals surface area contributed by atoms with Crippen LogP contribution < -0.4 is 0 Å². The zero-order chi connectivity index (χ0) is 11.8. The highest BCUT2D eigenvalue weighted by atomic mass is 14.9. The second kappa shape index (κ2) is 4.40. The minimum absolute atomic E-state index is 0.791. The Balaban J connectivity index is 1.95. The molecule has 2 aliphatic rings. The van der Waals surface area contributed by atoms with E-state index in [0.717, 1.165) is 37.5 Å². The van der Waals surface area contributed by atoms with Gasteiger partial charge in [0.05, 0.1) is 22.8 Å². The normalized spacial score (nSPS) is 28.1. The Bertz CT molecular complexity index is 425. The van der Waals surface area contributed by atoms with E-state index in [1.54, 1.807) is 0 Å². The predicted octanol–water partition coefficient (Wildman–Crippen LogP) is 3.12. The standard InChI is InChI=1S/C15H22N2/c1-10-3-6-12-13(7-4-10)17-15-9-11(2)5-8-14(15)16-12/h10-11H,3-9H2,1-2H3. The van der Waals surface area contributed by atoms with Gasteiger partial charge < -0.3 is 0 Å². The molecule has 3 rings (SSSR count). The third kappa shape index (κ3) is 2.22. The third-order valence-electron chi connectivity index (χ3n) is 4.37. The second-order valence-electron chi connectivity index (χ2n) is 6.04. The minimum Gasteiger partial charge on any atom is -0.254 e. The molecule has 17 heavy (non-hydrogen) atoms. The molecule has 0 saturated carbocycles. The Morgan fingerprint density at radius 1 is 0.706 bits per heavy atom. The molecular formula is C15H22N2. The molecule has 0 N–H and O–H groups in total. The third-order valence-corrected chi connectivity index (χ3v) is 4.37. The van der Waals surface area contributed by atoms with Crippen LogP contribution in [-0.4, -0.2) is 9.97 Å². The van der Waals surface area contributed by atoms with Crippen LogP contribution in [0.2, 0.25) is 0 Å². The summed E-state index contributed by atoms with van der Waals surface area (Å²) in [6.07, 6.45) is 8.44. The van der Waals surface area contributed by atoms with E-state index in [1.807, 2.05) is 0 Å². The second-order valence-corrected chi connectivity index (χ2v) is 6.04. The molecule has 92 valence electrons. The summed E-state index contributed by atoms with van der Waals surface area (Å²) in [6.45, 7) is 4.69. The molecule has 0 amide bonds. The molecule has 1 heterocycles. The summed E-state index contributed by atoms with van der Waals surface area (Å²) in [4.78, 5) is 9.86. The molecule has 2 nitrogen and oxygen atoms in total. The smallest absolute Gasteiger partial charge is 0.0624 e. The highest BCUT2D eigenvalue weighted by Crippen LogP contribution is 2.27. The van der Waals surface area contributed by atoms with Gasteiger partial charge in [-0.05, 0) is 56.8 Å². The Labute approximate surface area is 104 Å². The van der Waals surface area contributed by atoms with Gasteiger partial charge >= 0.3 is 0 Å². The van der Waals surface area contributed by atoms with Crippen molar-refractivity contribution in [3.8, 4) is 0 Å². The van der Waals surface area contributed by atoms with Crippen LogP contribution in [0.4, 0.5) is 0 Å². The van der Waals surface area contributed by atoms with E-state index in [-0.39, 0.29) is 0 Å². The van der Waals surface area contributed by atoms with Gasteiger partial charge in [0.25, 0.3) is 0 Å². The molecule has 0 bridgehead atoms. The Hall–Kier alpha value is -0.920. The van der Waals surface area contributed by atoms with E-state index in [4.69, 9.17) is 9.97 Å². The van der Waals surface area contributed by atoms with Crippen LogP contribution in [0, 0.1) is 11.8 Å². The Morgan fingerprint density at radius 2 is 1.18 bits per heavy atom. The van der Waals surface area contributed by atoms with Crippen molar-refractivity contribution in [2.45, 2.75) is 58.8 Å². The lowest BCUT2D eigenvalue weighted by atomic mass is 9.90. The number of rotatable bonds is 0. The van der Waals surface area contributed by atoms with Gasteiger partial charge in [0.15, 0.2) is 0 Å². The number of fused-ring (bicyclic) bond motifs is 2. The van der Waals surface area contributed by atoms with Crippen LogP contribution in [0.5, 0.6) is 0 Å². The van der Waals surface area contributed by atoms with Crippen molar-refractivity contribution in [2.75, 3.05) is 0 Å². The fourth-order valence-corrected chi connectivity index (χ4v) is 3.07. The van der Waals surface area contributed by atoms with Gasteiger partial charge in [0.1, 0.15) is 0 Å². The van der Waals surface area contributed by atoms with Crippen molar-refractivity contribution in [1.29, 1.82) is 0 Å². The number of aromatic nitrogens is 2. The summed E-state index contributed by atoms with van der Waals surface area (Å²) in [6, 6.07) is 0. The maximum absolute atomic E-state index is 4.94. The molecule has 0 aliphatic heterocycles. The summed E-state index contributed by atoms with van der Waals surface area (Å²) in [5, 5.41) is 0. The Kier molecular flexibility index (Phi) is 2.89. The lowest BCUT2D eigenvalue weighted by molar-refractivity contribution is 0.481. The van der Waals surface area contributed by atoms with Gasteiger partial charge in [-0.2, -0.15) is 0 Å². The molecule has 2 aliphatic carbocycles. The van der Waals surface area contributed by atoms with Crippen LogP contribution >= 0.6 is 0 Å². The summed E-state index contributed by atoms with van der Waals surface area (Å²) < 4.78 is 0. The van der Waals surface area contributed by atoms with Crippen LogP contribution in [0.3, 0.4) is 0 Å². The van der Waals surface area contributed by atoms with E-state index in [9.17, 15) is 0 Å². The average Bonchev–Trinajstić information content (AvgIpc) is 2.49. The van der Waals surface area contributed by atoms with Crippen molar-refractivity contribution in [3.63, 3.8) is 0 Å². The molecule has 0 saturated heterocycles. The fraction of sp³-hybridized carbons (Fsp3) is 0.733. The van der Waals surface area contributed by atoms with E-state index in [1.165, 1.54) is 42.0 Å². The molecular weight excluding hydrogens is 208 g/mol. The molecule has 2 atom stereocenters. The molecule has 2 unspecified atom stereocenters. The quantitative estimate of drug-likeness (QED) is 0.640. The van der Waals surface area contributed by atoms with Crippen LogP contribution in [-0.2, 0) is 25.7 Å². The summed E-state index contributed by atoms with van der Waals surface area (Å²) in [7, 11) is 0. The molecule has 0 aromatic carbocycles. The number of aryl methyl sites for hydroxylation is 3. The van der Waals surface area contributed by atoms with Gasteiger partial charge in [-0.3, -0.25) is 9.97 Å². The number of nitrogens with zero attached hydrogens (tertiary/aromatic N) is 2. The number of hydrogen-bond acceptors (Lipinski definition) is 2. The summed E-state index contributed by atoms with van der Waals surface area (Å²) in [5.41, 5.74) is 5.22. The molecule has 0 radical (unpaired) electrons. The van der Waals surface area contributed by atoms with E-state index >= 15 is 0 Å². The van der Waals surface area contributed by atoms with Crippen molar-refractivity contribution in [3.05, 3.63) is 22.8 Å². The van der Waals surface area contributed by atoms with Crippen molar-refractivity contribution < 1.29 is 0 Å². The van der Waals surface area contributed by atoms with Crippen LogP contribution in [0.25, 0.3) is 0 Å². The first kappa shape index (κ1) is 11.2. The van der Waals surface area contributed by atoms with Gasteiger partial charge in [0, 0.05) is 0 Å². The largest absolute Gasteiger partial charge is 0.254 e. The van der Waals surface area contributed by atoms with Crippen molar-refractivity contribution in [2.24, 2.45) is 11.8 Å².